The molecule has 19 atom stereocenters. The van der Waals surface area contributed by atoms with Crippen LogP contribution in [0, 0.1) is 20.8 Å². The maximum absolute atomic E-state index is 13.5. The van der Waals surface area contributed by atoms with Crippen molar-refractivity contribution in [2.24, 2.45) is 0 Å². The van der Waals surface area contributed by atoms with Crippen molar-refractivity contribution in [2.75, 3.05) is 59.6 Å². The van der Waals surface area contributed by atoms with E-state index >= 15 is 0 Å². The number of nitrogens with one attached hydrogen (secondary N) is 4. The van der Waals surface area contributed by atoms with Gasteiger partial charge in [-0.1, -0.05) is 0 Å². The maximum Gasteiger partial charge on any atom is 0.330 e. The molecule has 0 bridgehead atoms. The summed E-state index contributed by atoms with van der Waals surface area (Å²) in [5.74, 6) is -0.241. The minimum atomic E-state index is -4.73. The third-order valence-electron chi connectivity index (χ3n) is 15.1. The van der Waals surface area contributed by atoms with Gasteiger partial charge >= 0.3 is 50.7 Å². The van der Waals surface area contributed by atoms with Gasteiger partial charge in [0.05, 0.1) is 57.2 Å². The molecule has 4 fully saturated rings. The first-order chi connectivity index (χ1) is 46.2. The Hall–Kier alpha value is -3.44. The van der Waals surface area contributed by atoms with Crippen molar-refractivity contribution in [1.29, 1.82) is 0 Å². The highest BCUT2D eigenvalue weighted by Gasteiger charge is 2.54. The van der Waals surface area contributed by atoms with Gasteiger partial charge in [0.2, 0.25) is 5.95 Å². The lowest BCUT2D eigenvalue weighted by molar-refractivity contribution is -0.0640. The molecule has 4 aliphatic heterocycles. The molecule has 0 saturated carbocycles. The third-order valence-corrected chi connectivity index (χ3v) is 23.3. The Kier molecular flexibility index (Phi) is 25.8. The van der Waals surface area contributed by atoms with E-state index in [9.17, 15) is 63.1 Å². The number of nitrogens with zero attached hydrogens (tertiary/aromatic N) is 6. The molecule has 5 aromatic rings. The second kappa shape index (κ2) is 32.1. The molecule has 5 aromatic heterocycles. The fourth-order valence-corrected chi connectivity index (χ4v) is 18.5. The van der Waals surface area contributed by atoms with Crippen LogP contribution in [0.2, 0.25) is 0 Å². The van der Waals surface area contributed by atoms with Crippen molar-refractivity contribution in [3.05, 3.63) is 114 Å². The molecule has 0 aromatic carbocycles. The van der Waals surface area contributed by atoms with Crippen LogP contribution < -0.4 is 45.0 Å². The van der Waals surface area contributed by atoms with Crippen molar-refractivity contribution in [1.82, 2.24) is 48.2 Å². The summed E-state index contributed by atoms with van der Waals surface area (Å²) < 4.78 is 99.3. The minimum absolute atomic E-state index is 0.00867. The van der Waals surface area contributed by atoms with Gasteiger partial charge in [-0.15, -0.1) is 0 Å². The van der Waals surface area contributed by atoms with Crippen molar-refractivity contribution in [2.45, 2.75) is 152 Å². The summed E-state index contributed by atoms with van der Waals surface area (Å²) in [4.78, 5) is 165. The average molecular weight is 1590 g/mol. The Morgan fingerprint density at radius 2 is 0.939 bits per heavy atom. The molecule has 7 unspecified atom stereocenters. The van der Waals surface area contributed by atoms with E-state index in [4.69, 9.17) is 138 Å². The molecule has 0 radical (unpaired) electrons. The number of methoxy groups -OCH3 is 2. The normalized spacial score (nSPS) is 28.9. The van der Waals surface area contributed by atoms with E-state index in [1.165, 1.54) is 58.3 Å². The minimum Gasteiger partial charge on any atom is -0.396 e. The van der Waals surface area contributed by atoms with Crippen LogP contribution in [0.1, 0.15) is 81.6 Å². The predicted molar refractivity (Wildman–Crippen MR) is 362 cm³/mol. The molecule has 0 amide bonds. The lowest BCUT2D eigenvalue weighted by Crippen LogP contribution is -2.41. The number of nitrogens with two attached hydrogens (primary N) is 1. The zero-order valence-corrected chi connectivity index (χ0v) is 61.9. The monoisotopic (exact) mass is 1590 g/mol. The van der Waals surface area contributed by atoms with E-state index in [2.05, 4.69) is 29.9 Å². The summed E-state index contributed by atoms with van der Waals surface area (Å²) in [6.07, 6.45) is -15.5. The Morgan fingerprint density at radius 1 is 0.545 bits per heavy atom. The number of aryl methyl sites for hydroxylation is 3. The van der Waals surface area contributed by atoms with Gasteiger partial charge in [-0.05, 0) is 107 Å². The molecule has 0 spiro atoms. The van der Waals surface area contributed by atoms with Crippen molar-refractivity contribution >= 4 is 110 Å². The molecule has 4 saturated heterocycles. The molecule has 40 nitrogen and oxygen atoms in total. The molecule has 552 valence electrons. The lowest BCUT2D eigenvalue weighted by atomic mass is 10.1. The number of aliphatic hydroxyl groups excluding tert-OH is 1. The number of fused-ring (bicyclic) bond motifs is 1. The summed E-state index contributed by atoms with van der Waals surface area (Å²) in [6, 6.07) is 0. The van der Waals surface area contributed by atoms with Gasteiger partial charge in [0.15, 0.2) is 23.6 Å². The van der Waals surface area contributed by atoms with E-state index in [-0.39, 0.29) is 66.3 Å². The highest BCUT2D eigenvalue weighted by atomic mass is 32.5. The SMILES string of the molecule is COC1[C@@H](OP(O)(=S)OCCCO)[C@@H](COP(O)(=S)O[C@@H]2C(OC)[C@H](n3cc(C)c(=O)[nH]c3=O)O[C@@H]2COP(O)(=S)O[C@@H]2C[C@H](n3cc(C)c(=O)[nH]c3=O)O[C@@H]2COP(O)(=S)O[C@@H]2C[C@H](n3cnc4c(=O)[nH]c(N)nc43)O[C@@H]2COP(O)(=S)OC(C)(C)C)O[C@H]1n1cc(C)c(=O)[nH]c1=O. The number of hydrogen-bond acceptors (Lipinski definition) is 32. The van der Waals surface area contributed by atoms with Gasteiger partial charge in [0, 0.05) is 68.9 Å². The van der Waals surface area contributed by atoms with Gasteiger partial charge in [-0.25, -0.2) is 19.4 Å². The van der Waals surface area contributed by atoms with Crippen LogP contribution in [0.15, 0.2) is 58.5 Å². The number of aromatic amines is 4. The predicted octanol–water partition coefficient (Wildman–Crippen LogP) is -0.417. The molecule has 50 heteroatoms. The second-order valence-corrected chi connectivity index (χ2v) is 37.5. The topological polar surface area (TPSA) is 523 Å². The molecule has 12 N–H and O–H groups in total. The summed E-state index contributed by atoms with van der Waals surface area (Å²) in [5, 5.41) is 9.34. The summed E-state index contributed by atoms with van der Waals surface area (Å²) in [7, 11) is 2.37. The van der Waals surface area contributed by atoms with Gasteiger partial charge < -0.3 is 99.9 Å². The quantitative estimate of drug-likeness (QED) is 0.0198. The Labute approximate surface area is 584 Å². The number of rotatable bonds is 31. The summed E-state index contributed by atoms with van der Waals surface area (Å²) in [5.41, 5.74) is -0.722. The fraction of sp³-hybridized carbons (Fsp3) is 0.653. The number of hydrogen-bond donors (Lipinski definition) is 11. The summed E-state index contributed by atoms with van der Waals surface area (Å²) >= 11 is 27.2. The molecule has 0 aliphatic carbocycles. The van der Waals surface area contributed by atoms with E-state index in [1.807, 2.05) is 0 Å². The van der Waals surface area contributed by atoms with Crippen LogP contribution in [0.5, 0.6) is 0 Å². The highest BCUT2D eigenvalue weighted by Crippen LogP contribution is 2.56. The van der Waals surface area contributed by atoms with E-state index in [0.717, 1.165) is 19.9 Å². The largest absolute Gasteiger partial charge is 0.396 e. The van der Waals surface area contributed by atoms with Crippen LogP contribution in [0.3, 0.4) is 0 Å². The molecular weight excluding hydrogens is 1520 g/mol. The van der Waals surface area contributed by atoms with E-state index in [1.54, 1.807) is 20.8 Å². The van der Waals surface area contributed by atoms with Gasteiger partial charge in [-0.2, -0.15) is 4.98 Å². The number of aliphatic hydroxyl groups is 1. The molecule has 99 heavy (non-hydrogen) atoms. The molecular formula is C49H72N11O29P5S5. The zero-order valence-electron chi connectivity index (χ0n) is 53.4. The molecule has 9 heterocycles. The van der Waals surface area contributed by atoms with Gasteiger partial charge in [0.25, 0.3) is 22.2 Å². The van der Waals surface area contributed by atoms with E-state index in [0.29, 0.717) is 0 Å². The summed E-state index contributed by atoms with van der Waals surface area (Å²) in [6.45, 7) is -16.5. The van der Waals surface area contributed by atoms with Crippen molar-refractivity contribution in [3.63, 3.8) is 0 Å². The Bertz CT molecular complexity index is 4470. The fourth-order valence-electron chi connectivity index (χ4n) is 10.7. The zero-order chi connectivity index (χ0) is 72.6. The van der Waals surface area contributed by atoms with Crippen molar-refractivity contribution in [3.8, 4) is 0 Å². The smallest absolute Gasteiger partial charge is 0.330 e. The Morgan fingerprint density at radius 3 is 1.37 bits per heavy atom. The maximum atomic E-state index is 13.5. The van der Waals surface area contributed by atoms with Gasteiger partial charge in [-0.3, -0.25) is 66.4 Å². The molecule has 9 rings (SSSR count). The lowest BCUT2D eigenvalue weighted by Gasteiger charge is -2.30. The van der Waals surface area contributed by atoms with Crippen LogP contribution in [0.25, 0.3) is 11.2 Å². The number of anilines is 1. The van der Waals surface area contributed by atoms with Gasteiger partial charge in [0.1, 0.15) is 61.3 Å². The first kappa shape index (κ1) is 79.7. The number of H-pyrrole nitrogens is 4. The number of imidazole rings is 1. The average Bonchev–Trinajstić information content (AvgIpc) is 1.62. The number of nitrogen functional groups attached to an aromatic ring is 1. The van der Waals surface area contributed by atoms with Crippen LogP contribution in [0.4, 0.5) is 5.95 Å². The first-order valence-electron chi connectivity index (χ1n) is 29.5. The Balaban J connectivity index is 0.955. The van der Waals surface area contributed by atoms with Crippen LogP contribution in [-0.4, -0.2) is 198 Å². The second-order valence-electron chi connectivity index (χ2n) is 23.5. The van der Waals surface area contributed by atoms with Crippen molar-refractivity contribution < 1.29 is 103 Å². The van der Waals surface area contributed by atoms with Crippen LogP contribution in [-0.2, 0) is 133 Å². The number of ether oxygens (including phenoxy) is 6. The third kappa shape index (κ3) is 19.9. The van der Waals surface area contributed by atoms with Crippen LogP contribution >= 0.6 is 33.6 Å². The number of aromatic nitrogens is 10. The first-order valence-corrected chi connectivity index (χ1v) is 42.4. The molecule has 4 aliphatic rings. The van der Waals surface area contributed by atoms with E-state index < -0.39 is 191 Å². The highest BCUT2D eigenvalue weighted by molar-refractivity contribution is 8.08. The standard InChI is InChI=1S/C49H72N11O29P5S5/c1-22-14-57(46(66)54-39(22)62)31-12-25(27(81-31)17-77-91(70,96)86-26-13-32(60-21-51-33-38(60)52-45(50)53-42(33)65)82-28(26)18-80-94(73,99)89-49(4,5)6)85-92(71,97)78-19-29-35(37(75-8)44(83-29)59-16-24(3)41(64)56-48(59)68)88-93(72,98)79-20-30-34(87-90(69,95)76-11-9-10-61)36(74-7)43(84-30)58-15-23(2)40(63)55-47(58)67/h14-16,21,25-32,34-37,43-44,61H,9-13,17-20H2,1-8H3,(H,69,95)(H,70,96)(H,71,97)(H,72,98)(H,73,99)(H,54,62,66)(H,55,63,67)(H,56,64,68)(H3,50,52,53,65)/t25-,26-,27-,28-,29-,30-,31-,32-,34+,35+,36?,37?,43-,44-,90?,91?,92?,93?,94?/m1/s1.